The lowest BCUT2D eigenvalue weighted by atomic mass is 9.98. The van der Waals surface area contributed by atoms with Gasteiger partial charge in [0.1, 0.15) is 0 Å². The smallest absolute Gasteiger partial charge is 0.318 e. The maximum atomic E-state index is 12.8. The number of fused-ring (bicyclic) bond motifs is 3. The number of benzene rings is 2. The second-order valence-corrected chi connectivity index (χ2v) is 7.03. The molecule has 1 aliphatic heterocycles. The van der Waals surface area contributed by atoms with Gasteiger partial charge < -0.3 is 24.7 Å². The third kappa shape index (κ3) is 3.15. The number of aromatic amines is 1. The van der Waals surface area contributed by atoms with Gasteiger partial charge in [-0.25, -0.2) is 4.79 Å². The zero-order valence-corrected chi connectivity index (χ0v) is 16.4. The minimum Gasteiger partial charge on any atom is -0.493 e. The highest BCUT2D eigenvalue weighted by Crippen LogP contribution is 2.34. The zero-order valence-electron chi connectivity index (χ0n) is 16.4. The fourth-order valence-electron chi connectivity index (χ4n) is 3.98. The normalized spacial score (nSPS) is 16.0. The van der Waals surface area contributed by atoms with E-state index in [0.717, 1.165) is 23.2 Å². The van der Waals surface area contributed by atoms with Crippen molar-refractivity contribution in [3.8, 4) is 11.5 Å². The predicted octanol–water partition coefficient (Wildman–Crippen LogP) is 4.01. The largest absolute Gasteiger partial charge is 0.493 e. The van der Waals surface area contributed by atoms with E-state index >= 15 is 0 Å². The van der Waals surface area contributed by atoms with Crippen molar-refractivity contribution in [3.63, 3.8) is 0 Å². The molecule has 0 unspecified atom stereocenters. The van der Waals surface area contributed by atoms with Gasteiger partial charge in [-0.2, -0.15) is 0 Å². The molecule has 6 heteroatoms. The van der Waals surface area contributed by atoms with Crippen molar-refractivity contribution >= 4 is 16.9 Å². The van der Waals surface area contributed by atoms with E-state index in [4.69, 9.17) is 9.47 Å². The average Bonchev–Trinajstić information content (AvgIpc) is 3.11. The molecule has 1 aromatic heterocycles. The molecule has 2 amide bonds. The molecule has 4 rings (SSSR count). The first-order valence-corrected chi connectivity index (χ1v) is 9.47. The molecule has 146 valence electrons. The van der Waals surface area contributed by atoms with E-state index in [0.29, 0.717) is 24.6 Å². The van der Waals surface area contributed by atoms with Crippen LogP contribution in [0.25, 0.3) is 10.9 Å². The van der Waals surface area contributed by atoms with Gasteiger partial charge in [0.25, 0.3) is 0 Å². The standard InChI is InChI=1S/C22H25N3O3/c1-14-21-17(16-6-4-5-7-18(16)24-21)10-11-25(14)22(26)23-13-15-8-9-19(27-2)20(12-15)28-3/h4-9,12,14,24H,10-11,13H2,1-3H3,(H,23,26)/t14-/m0/s1. The van der Waals surface area contributed by atoms with Crippen LogP contribution < -0.4 is 14.8 Å². The number of methoxy groups -OCH3 is 2. The van der Waals surface area contributed by atoms with E-state index in [-0.39, 0.29) is 12.1 Å². The van der Waals surface area contributed by atoms with Gasteiger partial charge in [0.15, 0.2) is 11.5 Å². The Bertz CT molecular complexity index is 1010. The molecule has 6 nitrogen and oxygen atoms in total. The number of carbonyl (C=O) groups is 1. The fourth-order valence-corrected chi connectivity index (χ4v) is 3.98. The maximum absolute atomic E-state index is 12.8. The molecule has 1 atom stereocenters. The molecule has 0 fully saturated rings. The number of aromatic nitrogens is 1. The van der Waals surface area contributed by atoms with Gasteiger partial charge in [0.2, 0.25) is 0 Å². The number of hydrogen-bond donors (Lipinski definition) is 2. The molecule has 2 heterocycles. The van der Waals surface area contributed by atoms with E-state index in [9.17, 15) is 4.79 Å². The minimum absolute atomic E-state index is 0.00144. The molecule has 0 saturated heterocycles. The van der Waals surface area contributed by atoms with Gasteiger partial charge in [0, 0.05) is 29.7 Å². The van der Waals surface area contributed by atoms with Gasteiger partial charge in [-0.05, 0) is 42.7 Å². The molecule has 1 aliphatic rings. The summed E-state index contributed by atoms with van der Waals surface area (Å²) >= 11 is 0. The SMILES string of the molecule is COc1ccc(CNC(=O)N2CCc3c([nH]c4ccccc34)[C@@H]2C)cc1OC. The van der Waals surface area contributed by atoms with Crippen LogP contribution >= 0.6 is 0 Å². The van der Waals surface area contributed by atoms with E-state index in [1.807, 2.05) is 29.2 Å². The van der Waals surface area contributed by atoms with E-state index in [2.05, 4.69) is 35.4 Å². The molecule has 28 heavy (non-hydrogen) atoms. The first kappa shape index (κ1) is 18.2. The summed E-state index contributed by atoms with van der Waals surface area (Å²) < 4.78 is 10.6. The number of para-hydroxylation sites is 1. The summed E-state index contributed by atoms with van der Waals surface area (Å²) in [6.45, 7) is 3.21. The highest BCUT2D eigenvalue weighted by Gasteiger charge is 2.30. The molecule has 0 saturated carbocycles. The summed E-state index contributed by atoms with van der Waals surface area (Å²) in [5.41, 5.74) is 4.55. The van der Waals surface area contributed by atoms with E-state index in [1.165, 1.54) is 10.9 Å². The Balaban J connectivity index is 1.47. The number of H-pyrrole nitrogens is 1. The number of nitrogens with zero attached hydrogens (tertiary/aromatic N) is 1. The molecule has 0 aliphatic carbocycles. The summed E-state index contributed by atoms with van der Waals surface area (Å²) in [7, 11) is 3.21. The number of urea groups is 1. The first-order valence-electron chi connectivity index (χ1n) is 9.47. The highest BCUT2D eigenvalue weighted by atomic mass is 16.5. The first-order chi connectivity index (χ1) is 13.6. The van der Waals surface area contributed by atoms with Crippen LogP contribution in [0.5, 0.6) is 11.5 Å². The maximum Gasteiger partial charge on any atom is 0.318 e. The molecule has 2 N–H and O–H groups in total. The van der Waals surface area contributed by atoms with Crippen molar-refractivity contribution in [3.05, 3.63) is 59.3 Å². The molecule has 0 bridgehead atoms. The van der Waals surface area contributed by atoms with Crippen LogP contribution in [0.15, 0.2) is 42.5 Å². The predicted molar refractivity (Wildman–Crippen MR) is 109 cm³/mol. The number of ether oxygens (including phenoxy) is 2. The Kier molecular flexibility index (Phi) is 4.86. The Hall–Kier alpha value is -3.15. The van der Waals surface area contributed by atoms with Crippen molar-refractivity contribution < 1.29 is 14.3 Å². The zero-order chi connectivity index (χ0) is 19.7. The second-order valence-electron chi connectivity index (χ2n) is 7.03. The van der Waals surface area contributed by atoms with Crippen LogP contribution in [0.2, 0.25) is 0 Å². The van der Waals surface area contributed by atoms with Crippen LogP contribution in [0.3, 0.4) is 0 Å². The molecule has 0 radical (unpaired) electrons. The summed E-state index contributed by atoms with van der Waals surface area (Å²) in [5.74, 6) is 1.33. The number of carbonyl (C=O) groups excluding carboxylic acids is 1. The van der Waals surface area contributed by atoms with Crippen LogP contribution in [0.4, 0.5) is 4.79 Å². The van der Waals surface area contributed by atoms with Crippen molar-refractivity contribution in [2.75, 3.05) is 20.8 Å². The van der Waals surface area contributed by atoms with Gasteiger partial charge in [0.05, 0.1) is 20.3 Å². The van der Waals surface area contributed by atoms with Crippen molar-refractivity contribution in [2.24, 2.45) is 0 Å². The van der Waals surface area contributed by atoms with Crippen molar-refractivity contribution in [2.45, 2.75) is 25.9 Å². The summed E-state index contributed by atoms with van der Waals surface area (Å²) in [6, 6.07) is 13.9. The molecular weight excluding hydrogens is 354 g/mol. The van der Waals surface area contributed by atoms with Gasteiger partial charge >= 0.3 is 6.03 Å². The average molecular weight is 379 g/mol. The molecule has 0 spiro atoms. The fraction of sp³-hybridized carbons (Fsp3) is 0.318. The Morgan fingerprint density at radius 3 is 2.75 bits per heavy atom. The second kappa shape index (κ2) is 7.46. The lowest BCUT2D eigenvalue weighted by molar-refractivity contribution is 0.173. The third-order valence-electron chi connectivity index (χ3n) is 5.49. The number of nitrogens with one attached hydrogen (secondary N) is 2. The van der Waals surface area contributed by atoms with E-state index in [1.54, 1.807) is 14.2 Å². The number of rotatable bonds is 4. The van der Waals surface area contributed by atoms with Crippen LogP contribution in [0, 0.1) is 0 Å². The topological polar surface area (TPSA) is 66.6 Å². The molecule has 2 aromatic carbocycles. The lowest BCUT2D eigenvalue weighted by Gasteiger charge is -2.33. The Morgan fingerprint density at radius 2 is 1.96 bits per heavy atom. The summed E-state index contributed by atoms with van der Waals surface area (Å²) in [5, 5.41) is 4.29. The Morgan fingerprint density at radius 1 is 1.18 bits per heavy atom. The third-order valence-corrected chi connectivity index (χ3v) is 5.49. The van der Waals surface area contributed by atoms with E-state index < -0.39 is 0 Å². The number of amides is 2. The van der Waals surface area contributed by atoms with Crippen molar-refractivity contribution in [1.29, 1.82) is 0 Å². The quantitative estimate of drug-likeness (QED) is 0.720. The molecular formula is C22H25N3O3. The number of hydrogen-bond acceptors (Lipinski definition) is 3. The van der Waals surface area contributed by atoms with Gasteiger partial charge in [-0.1, -0.05) is 24.3 Å². The van der Waals surface area contributed by atoms with Crippen molar-refractivity contribution in [1.82, 2.24) is 15.2 Å². The lowest BCUT2D eigenvalue weighted by Crippen LogP contribution is -2.44. The van der Waals surface area contributed by atoms with Crippen LogP contribution in [-0.4, -0.2) is 36.7 Å². The summed E-state index contributed by atoms with van der Waals surface area (Å²) in [6.07, 6.45) is 0.855. The molecule has 3 aromatic rings. The monoisotopic (exact) mass is 379 g/mol. The van der Waals surface area contributed by atoms with Crippen LogP contribution in [-0.2, 0) is 13.0 Å². The van der Waals surface area contributed by atoms with Crippen LogP contribution in [0.1, 0.15) is 29.8 Å². The highest BCUT2D eigenvalue weighted by molar-refractivity contribution is 5.86. The summed E-state index contributed by atoms with van der Waals surface area (Å²) in [4.78, 5) is 18.2. The van der Waals surface area contributed by atoms with Gasteiger partial charge in [-0.15, -0.1) is 0 Å². The Labute approximate surface area is 164 Å². The van der Waals surface area contributed by atoms with Gasteiger partial charge in [-0.3, -0.25) is 0 Å². The minimum atomic E-state index is -0.0633.